The average molecular weight is 367 g/mol. The molecular formula is C20H21N3O2S. The third kappa shape index (κ3) is 4.52. The molecule has 5 nitrogen and oxygen atoms in total. The fourth-order valence-electron chi connectivity index (χ4n) is 2.64. The molecule has 0 spiro atoms. The summed E-state index contributed by atoms with van der Waals surface area (Å²) in [6.07, 6.45) is 0.731. The predicted octanol–water partition coefficient (Wildman–Crippen LogP) is 3.40. The predicted molar refractivity (Wildman–Crippen MR) is 105 cm³/mol. The highest BCUT2D eigenvalue weighted by atomic mass is 32.2. The van der Waals surface area contributed by atoms with Crippen LogP contribution in [0.15, 0.2) is 53.6 Å². The van der Waals surface area contributed by atoms with Crippen molar-refractivity contribution in [3.63, 3.8) is 0 Å². The van der Waals surface area contributed by atoms with Gasteiger partial charge in [0.25, 0.3) is 0 Å². The second kappa shape index (κ2) is 8.67. The van der Waals surface area contributed by atoms with Crippen molar-refractivity contribution in [2.75, 3.05) is 19.4 Å². The quantitative estimate of drug-likeness (QED) is 0.649. The molecule has 2 aromatic carbocycles. The number of nitrogens with one attached hydrogen (secondary N) is 1. The summed E-state index contributed by atoms with van der Waals surface area (Å²) in [5.74, 6) is 1.15. The third-order valence-corrected chi connectivity index (χ3v) is 5.02. The summed E-state index contributed by atoms with van der Waals surface area (Å²) < 4.78 is 5.32. The number of carbonyl (C=O) groups is 1. The van der Waals surface area contributed by atoms with E-state index >= 15 is 0 Å². The molecule has 26 heavy (non-hydrogen) atoms. The van der Waals surface area contributed by atoms with E-state index in [-0.39, 0.29) is 5.91 Å². The summed E-state index contributed by atoms with van der Waals surface area (Å²) in [6.45, 7) is 2.49. The first-order valence-electron chi connectivity index (χ1n) is 8.42. The van der Waals surface area contributed by atoms with E-state index in [9.17, 15) is 4.79 Å². The number of fused-ring (bicyclic) bond motifs is 1. The lowest BCUT2D eigenvalue weighted by atomic mass is 10.1. The number of rotatable bonds is 7. The summed E-state index contributed by atoms with van der Waals surface area (Å²) in [5, 5.41) is 3.74. The largest absolute Gasteiger partial charge is 0.496 e. The molecule has 3 aromatic rings. The highest BCUT2D eigenvalue weighted by molar-refractivity contribution is 7.99. The molecule has 0 fully saturated rings. The molecule has 0 aliphatic carbocycles. The summed E-state index contributed by atoms with van der Waals surface area (Å²) >= 11 is 1.41. The van der Waals surface area contributed by atoms with E-state index in [0.717, 1.165) is 39.5 Å². The van der Waals surface area contributed by atoms with E-state index in [4.69, 9.17) is 4.74 Å². The van der Waals surface area contributed by atoms with E-state index < -0.39 is 0 Å². The van der Waals surface area contributed by atoms with Crippen LogP contribution in [0.2, 0.25) is 0 Å². The fourth-order valence-corrected chi connectivity index (χ4v) is 3.43. The number of thioether (sulfide) groups is 1. The first-order valence-corrected chi connectivity index (χ1v) is 9.40. The molecular weight excluding hydrogens is 346 g/mol. The molecule has 3 rings (SSSR count). The van der Waals surface area contributed by atoms with Crippen molar-refractivity contribution < 1.29 is 9.53 Å². The first-order chi connectivity index (χ1) is 12.7. The lowest BCUT2D eigenvalue weighted by Gasteiger charge is -2.09. The van der Waals surface area contributed by atoms with Crippen molar-refractivity contribution in [3.8, 4) is 5.75 Å². The minimum atomic E-state index is -0.0146. The van der Waals surface area contributed by atoms with Gasteiger partial charge in [-0.15, -0.1) is 0 Å². The number of hydrogen-bond donors (Lipinski definition) is 1. The number of methoxy groups -OCH3 is 1. The van der Waals surface area contributed by atoms with E-state index in [2.05, 4.69) is 15.3 Å². The van der Waals surface area contributed by atoms with Crippen LogP contribution in [0.3, 0.4) is 0 Å². The van der Waals surface area contributed by atoms with Crippen LogP contribution in [0.1, 0.15) is 11.3 Å². The molecule has 1 heterocycles. The second-order valence-electron chi connectivity index (χ2n) is 5.80. The number of para-hydroxylation sites is 3. The van der Waals surface area contributed by atoms with Crippen molar-refractivity contribution in [1.82, 2.24) is 15.3 Å². The van der Waals surface area contributed by atoms with Crippen LogP contribution in [0.25, 0.3) is 11.0 Å². The van der Waals surface area contributed by atoms with Gasteiger partial charge in [-0.1, -0.05) is 42.1 Å². The molecule has 0 aliphatic heterocycles. The number of benzene rings is 2. The first kappa shape index (κ1) is 18.2. The maximum absolute atomic E-state index is 12.1. The van der Waals surface area contributed by atoms with Gasteiger partial charge in [0.05, 0.1) is 29.6 Å². The molecule has 1 aromatic heterocycles. The van der Waals surface area contributed by atoms with Crippen LogP contribution < -0.4 is 10.1 Å². The molecule has 0 aliphatic rings. The van der Waals surface area contributed by atoms with E-state index in [1.165, 1.54) is 11.8 Å². The Morgan fingerprint density at radius 3 is 2.54 bits per heavy atom. The van der Waals surface area contributed by atoms with Crippen LogP contribution in [-0.4, -0.2) is 35.3 Å². The van der Waals surface area contributed by atoms with Crippen LogP contribution >= 0.6 is 11.8 Å². The van der Waals surface area contributed by atoms with E-state index in [1.807, 2.05) is 55.5 Å². The van der Waals surface area contributed by atoms with E-state index in [1.54, 1.807) is 7.11 Å². The van der Waals surface area contributed by atoms with Crippen LogP contribution in [-0.2, 0) is 11.2 Å². The number of hydrogen-bond acceptors (Lipinski definition) is 5. The smallest absolute Gasteiger partial charge is 0.230 e. The molecule has 6 heteroatoms. The Labute approximate surface area is 157 Å². The van der Waals surface area contributed by atoms with Gasteiger partial charge in [-0.2, -0.15) is 0 Å². The summed E-state index contributed by atoms with van der Waals surface area (Å²) in [5.41, 5.74) is 3.64. The van der Waals surface area contributed by atoms with Gasteiger partial charge in [-0.3, -0.25) is 4.79 Å². The zero-order valence-electron chi connectivity index (χ0n) is 14.9. The van der Waals surface area contributed by atoms with Crippen LogP contribution in [0, 0.1) is 6.92 Å². The Balaban J connectivity index is 1.52. The van der Waals surface area contributed by atoms with Gasteiger partial charge in [-0.25, -0.2) is 9.97 Å². The van der Waals surface area contributed by atoms with Gasteiger partial charge >= 0.3 is 0 Å². The summed E-state index contributed by atoms with van der Waals surface area (Å²) in [7, 11) is 1.65. The van der Waals surface area contributed by atoms with Crippen molar-refractivity contribution in [2.24, 2.45) is 0 Å². The van der Waals surface area contributed by atoms with Crippen molar-refractivity contribution >= 4 is 28.7 Å². The SMILES string of the molecule is COc1ccccc1CCNC(=O)CSc1nc2ccccc2nc1C. The van der Waals surface area contributed by atoms with Gasteiger partial charge in [0, 0.05) is 6.54 Å². The number of nitrogens with zero attached hydrogens (tertiary/aromatic N) is 2. The van der Waals surface area contributed by atoms with Gasteiger partial charge in [0.2, 0.25) is 5.91 Å². The van der Waals surface area contributed by atoms with Crippen molar-refractivity contribution in [1.29, 1.82) is 0 Å². The standard InChI is InChI=1S/C20H21N3O2S/c1-14-20(23-17-9-5-4-8-16(17)22-14)26-13-19(24)21-12-11-15-7-3-6-10-18(15)25-2/h3-10H,11-13H2,1-2H3,(H,21,24). The molecule has 0 saturated heterocycles. The number of carbonyl (C=O) groups excluding carboxylic acids is 1. The Morgan fingerprint density at radius 2 is 1.77 bits per heavy atom. The Hall–Kier alpha value is -2.60. The Bertz CT molecular complexity index is 914. The fraction of sp³-hybridized carbons (Fsp3) is 0.250. The maximum atomic E-state index is 12.1. The molecule has 0 unspecified atom stereocenters. The second-order valence-corrected chi connectivity index (χ2v) is 6.77. The lowest BCUT2D eigenvalue weighted by molar-refractivity contribution is -0.118. The lowest BCUT2D eigenvalue weighted by Crippen LogP contribution is -2.27. The minimum absolute atomic E-state index is 0.0146. The zero-order chi connectivity index (χ0) is 18.4. The van der Waals surface area contributed by atoms with Crippen LogP contribution in [0.4, 0.5) is 0 Å². The normalized spacial score (nSPS) is 10.7. The van der Waals surface area contributed by atoms with Crippen molar-refractivity contribution in [2.45, 2.75) is 18.4 Å². The van der Waals surface area contributed by atoms with Crippen LogP contribution in [0.5, 0.6) is 5.75 Å². The molecule has 1 amide bonds. The molecule has 0 atom stereocenters. The van der Waals surface area contributed by atoms with Gasteiger partial charge in [0.1, 0.15) is 10.8 Å². The Morgan fingerprint density at radius 1 is 1.08 bits per heavy atom. The molecule has 134 valence electrons. The number of ether oxygens (including phenoxy) is 1. The Kier molecular flexibility index (Phi) is 6.07. The highest BCUT2D eigenvalue weighted by Crippen LogP contribution is 2.21. The summed E-state index contributed by atoms with van der Waals surface area (Å²) in [6, 6.07) is 15.6. The average Bonchev–Trinajstić information content (AvgIpc) is 2.66. The number of aromatic nitrogens is 2. The van der Waals surface area contributed by atoms with Gasteiger partial charge in [-0.05, 0) is 37.1 Å². The molecule has 0 radical (unpaired) electrons. The van der Waals surface area contributed by atoms with Gasteiger partial charge in [0.15, 0.2) is 0 Å². The molecule has 0 saturated carbocycles. The number of aryl methyl sites for hydroxylation is 1. The highest BCUT2D eigenvalue weighted by Gasteiger charge is 2.09. The third-order valence-electron chi connectivity index (χ3n) is 3.95. The topological polar surface area (TPSA) is 64.1 Å². The van der Waals surface area contributed by atoms with Crippen molar-refractivity contribution in [3.05, 3.63) is 59.8 Å². The number of amides is 1. The minimum Gasteiger partial charge on any atom is -0.496 e. The molecule has 0 bridgehead atoms. The molecule has 1 N–H and O–H groups in total. The maximum Gasteiger partial charge on any atom is 0.230 e. The van der Waals surface area contributed by atoms with Gasteiger partial charge < -0.3 is 10.1 Å². The summed E-state index contributed by atoms with van der Waals surface area (Å²) in [4.78, 5) is 21.3. The zero-order valence-corrected chi connectivity index (χ0v) is 15.7. The van der Waals surface area contributed by atoms with E-state index in [0.29, 0.717) is 12.3 Å². The monoisotopic (exact) mass is 367 g/mol.